The molecule has 0 amide bonds. The summed E-state index contributed by atoms with van der Waals surface area (Å²) >= 11 is 0. The van der Waals surface area contributed by atoms with Gasteiger partial charge in [0.1, 0.15) is 5.69 Å². The Morgan fingerprint density at radius 2 is 1.78 bits per heavy atom. The molecule has 1 atom stereocenters. The Kier molecular flexibility index (Phi) is 13.1. The highest BCUT2D eigenvalue weighted by Gasteiger charge is 2.39. The minimum absolute atomic E-state index is 0.117. The molecule has 2 aromatic rings. The number of allylic oxidation sites excluding steroid dienone is 6. The van der Waals surface area contributed by atoms with Crippen LogP contribution in [0.2, 0.25) is 0 Å². The van der Waals surface area contributed by atoms with Crippen LogP contribution in [-0.4, -0.2) is 24.2 Å². The van der Waals surface area contributed by atoms with Crippen LogP contribution < -0.4 is 10.2 Å². The van der Waals surface area contributed by atoms with Gasteiger partial charge in [-0.25, -0.2) is 0 Å². The molecule has 1 unspecified atom stereocenters. The van der Waals surface area contributed by atoms with Crippen LogP contribution in [0, 0.1) is 11.3 Å². The summed E-state index contributed by atoms with van der Waals surface area (Å²) in [5, 5.41) is 21.0. The lowest BCUT2D eigenvalue weighted by Gasteiger charge is -2.29. The molecule has 1 heterocycles. The first-order chi connectivity index (χ1) is 19.7. The van der Waals surface area contributed by atoms with Gasteiger partial charge in [0.15, 0.2) is 0 Å². The average Bonchev–Trinajstić information content (AvgIpc) is 3.17. The van der Waals surface area contributed by atoms with Crippen molar-refractivity contribution < 1.29 is 15.2 Å². The number of anilines is 1. The third-order valence-corrected chi connectivity index (χ3v) is 7.80. The number of hydrogen-bond acceptors (Lipinski definition) is 3. The van der Waals surface area contributed by atoms with E-state index in [0.717, 1.165) is 37.9 Å². The minimum Gasteiger partial charge on any atom is -0.481 e. The first kappa shape index (κ1) is 33.6. The molecule has 3 rings (SSSR count). The van der Waals surface area contributed by atoms with Crippen LogP contribution >= 0.6 is 0 Å². The number of carbonyl (C=O) groups is 1. The Morgan fingerprint density at radius 1 is 1.10 bits per heavy atom. The molecule has 0 saturated heterocycles. The molecule has 0 saturated carbocycles. The van der Waals surface area contributed by atoms with Crippen molar-refractivity contribution >= 4 is 17.3 Å². The van der Waals surface area contributed by atoms with Gasteiger partial charge in [-0.3, -0.25) is 4.79 Å². The number of carboxylic acids is 1. The van der Waals surface area contributed by atoms with Crippen LogP contribution in [0.4, 0.5) is 11.4 Å². The number of aliphatic carboxylic acids is 1. The highest BCUT2D eigenvalue weighted by Crippen LogP contribution is 2.47. The molecule has 0 radical (unpaired) electrons. The average molecular weight is 557 g/mol. The number of nitrogens with two attached hydrogens (primary N) is 1. The fourth-order valence-corrected chi connectivity index (χ4v) is 5.82. The SMILES string of the molecule is CC.CCCN1/C(=C/C=C(C#N)/C=C/CC(C)(CCC)c2ccccc2[NH2+]CCC(=O)O)C(C)(C)c2ccccc21. The lowest BCUT2D eigenvalue weighted by Crippen LogP contribution is -2.79. The maximum absolute atomic E-state index is 11.0. The van der Waals surface area contributed by atoms with Crippen molar-refractivity contribution in [1.82, 2.24) is 0 Å². The minimum atomic E-state index is -0.781. The summed E-state index contributed by atoms with van der Waals surface area (Å²) < 4.78 is 0. The summed E-state index contributed by atoms with van der Waals surface area (Å²) in [5.74, 6) is -0.781. The standard InChI is InChI=1S/C34H43N3O2.C2H6/c1-6-21-34(5,27-14-8-10-16-29(27)36-23-20-32(38)39)22-12-13-26(25-35)18-19-31-33(3,4)28-15-9-11-17-30(28)37(31)24-7-2;1-2/h8-19,36H,6-7,20-24H2,1-5H3,(H,38,39);1-2H3/p+1/b13-12+,26-18-,31-19+;. The Morgan fingerprint density at radius 3 is 2.44 bits per heavy atom. The van der Waals surface area contributed by atoms with Crippen molar-refractivity contribution in [1.29, 1.82) is 5.26 Å². The van der Waals surface area contributed by atoms with Gasteiger partial charge < -0.3 is 15.3 Å². The number of quaternary nitrogens is 1. The van der Waals surface area contributed by atoms with Crippen LogP contribution in [-0.2, 0) is 15.6 Å². The van der Waals surface area contributed by atoms with Crippen LogP contribution in [0.5, 0.6) is 0 Å². The lowest BCUT2D eigenvalue weighted by molar-refractivity contribution is -0.571. The van der Waals surface area contributed by atoms with Crippen molar-refractivity contribution in [3.8, 4) is 6.07 Å². The van der Waals surface area contributed by atoms with E-state index in [-0.39, 0.29) is 17.3 Å². The normalized spacial score (nSPS) is 16.6. The first-order valence-corrected chi connectivity index (χ1v) is 15.2. The number of fused-ring (bicyclic) bond motifs is 1. The highest BCUT2D eigenvalue weighted by molar-refractivity contribution is 5.71. The number of nitriles is 1. The van der Waals surface area contributed by atoms with E-state index in [4.69, 9.17) is 5.11 Å². The summed E-state index contributed by atoms with van der Waals surface area (Å²) in [7, 11) is 0. The van der Waals surface area contributed by atoms with Gasteiger partial charge in [-0.1, -0.05) is 97.4 Å². The summed E-state index contributed by atoms with van der Waals surface area (Å²) in [6, 6.07) is 19.3. The topological polar surface area (TPSA) is 80.9 Å². The van der Waals surface area contributed by atoms with Crippen LogP contribution in [0.15, 0.2) is 84.1 Å². The fourth-order valence-electron chi connectivity index (χ4n) is 5.82. The van der Waals surface area contributed by atoms with Crippen molar-refractivity contribution in [2.24, 2.45) is 0 Å². The monoisotopic (exact) mass is 556 g/mol. The van der Waals surface area contributed by atoms with E-state index in [1.807, 2.05) is 37.4 Å². The van der Waals surface area contributed by atoms with Gasteiger partial charge in [0.2, 0.25) is 0 Å². The molecule has 0 aliphatic carbocycles. The molecule has 3 N–H and O–H groups in total. The van der Waals surface area contributed by atoms with Gasteiger partial charge in [-0.05, 0) is 55.2 Å². The fraction of sp³-hybridized carbons (Fsp3) is 0.444. The quantitative estimate of drug-likeness (QED) is 0.149. The highest BCUT2D eigenvalue weighted by atomic mass is 16.4. The molecule has 41 heavy (non-hydrogen) atoms. The molecule has 1 aliphatic rings. The molecule has 2 aromatic carbocycles. The molecule has 5 nitrogen and oxygen atoms in total. The summed E-state index contributed by atoms with van der Waals surface area (Å²) in [5.41, 5.74) is 6.50. The van der Waals surface area contributed by atoms with E-state index in [1.54, 1.807) is 0 Å². The number of nitrogens with zero attached hydrogens (tertiary/aromatic N) is 2. The first-order valence-electron chi connectivity index (χ1n) is 15.2. The van der Waals surface area contributed by atoms with Gasteiger partial charge in [0.25, 0.3) is 0 Å². The van der Waals surface area contributed by atoms with Crippen molar-refractivity contribution in [2.45, 2.75) is 91.4 Å². The molecule has 0 spiro atoms. The molecule has 5 heteroatoms. The van der Waals surface area contributed by atoms with Gasteiger partial charge in [0.05, 0.1) is 24.6 Å². The molecule has 220 valence electrons. The molecule has 1 aliphatic heterocycles. The van der Waals surface area contributed by atoms with E-state index in [9.17, 15) is 10.1 Å². The summed E-state index contributed by atoms with van der Waals surface area (Å²) in [6.07, 6.45) is 12.1. The number of para-hydroxylation sites is 2. The van der Waals surface area contributed by atoms with Gasteiger partial charge in [0, 0.05) is 34.3 Å². The third-order valence-electron chi connectivity index (χ3n) is 7.80. The number of benzene rings is 2. The molecular weight excluding hydrogens is 506 g/mol. The summed E-state index contributed by atoms with van der Waals surface area (Å²) in [4.78, 5) is 13.4. The number of rotatable bonds is 13. The Bertz CT molecular complexity index is 1280. The second kappa shape index (κ2) is 16.0. The van der Waals surface area contributed by atoms with E-state index in [1.165, 1.54) is 22.5 Å². The molecule has 0 bridgehead atoms. The van der Waals surface area contributed by atoms with E-state index < -0.39 is 5.97 Å². The maximum Gasteiger partial charge on any atom is 0.309 e. The van der Waals surface area contributed by atoms with Gasteiger partial charge >= 0.3 is 5.97 Å². The zero-order valence-corrected chi connectivity index (χ0v) is 26.2. The molecular formula is C36H50N3O2+. The van der Waals surface area contributed by atoms with E-state index in [0.29, 0.717) is 12.1 Å². The Balaban J connectivity index is 0.00000287. The van der Waals surface area contributed by atoms with Crippen molar-refractivity contribution in [3.63, 3.8) is 0 Å². The van der Waals surface area contributed by atoms with Crippen LogP contribution in [0.3, 0.4) is 0 Å². The van der Waals surface area contributed by atoms with Crippen LogP contribution in [0.1, 0.15) is 91.7 Å². The van der Waals surface area contributed by atoms with Crippen molar-refractivity contribution in [3.05, 3.63) is 95.2 Å². The van der Waals surface area contributed by atoms with Gasteiger partial charge in [-0.15, -0.1) is 0 Å². The predicted octanol–water partition coefficient (Wildman–Crippen LogP) is 7.93. The number of carboxylic acid groups (broad SMARTS) is 1. The van der Waals surface area contributed by atoms with Crippen LogP contribution in [0.25, 0.3) is 0 Å². The Labute approximate surface area is 248 Å². The molecule has 0 fully saturated rings. The van der Waals surface area contributed by atoms with Gasteiger partial charge in [-0.2, -0.15) is 5.26 Å². The largest absolute Gasteiger partial charge is 0.481 e. The third kappa shape index (κ3) is 8.44. The predicted molar refractivity (Wildman–Crippen MR) is 171 cm³/mol. The Hall–Kier alpha value is -3.62. The van der Waals surface area contributed by atoms with E-state index >= 15 is 0 Å². The maximum atomic E-state index is 11.0. The zero-order valence-electron chi connectivity index (χ0n) is 26.2. The zero-order chi connectivity index (χ0) is 30.5. The lowest BCUT2D eigenvalue weighted by atomic mass is 9.75. The second-order valence-electron chi connectivity index (χ2n) is 11.2. The van der Waals surface area contributed by atoms with Crippen molar-refractivity contribution in [2.75, 3.05) is 18.0 Å². The molecule has 0 aromatic heterocycles. The second-order valence-corrected chi connectivity index (χ2v) is 11.2. The summed E-state index contributed by atoms with van der Waals surface area (Å²) in [6.45, 7) is 16.6. The smallest absolute Gasteiger partial charge is 0.309 e. The number of hydrogen-bond donors (Lipinski definition) is 2. The van der Waals surface area contributed by atoms with E-state index in [2.05, 4.69) is 100 Å².